The third-order valence-corrected chi connectivity index (χ3v) is 6.32. The summed E-state index contributed by atoms with van der Waals surface area (Å²) in [5.41, 5.74) is 1.63. The molecule has 0 N–H and O–H groups in total. The number of furan rings is 1. The van der Waals surface area contributed by atoms with Crippen LogP contribution in [0, 0.1) is 3.57 Å². The van der Waals surface area contributed by atoms with Crippen LogP contribution in [0.1, 0.15) is 11.3 Å². The second-order valence-corrected chi connectivity index (χ2v) is 8.72. The van der Waals surface area contributed by atoms with E-state index in [-0.39, 0.29) is 5.91 Å². The molecule has 3 aromatic rings. The quantitative estimate of drug-likeness (QED) is 0.293. The van der Waals surface area contributed by atoms with Crippen LogP contribution in [0.4, 0.5) is 5.69 Å². The maximum absolute atomic E-state index is 13.3. The molecule has 2 heterocycles. The van der Waals surface area contributed by atoms with Gasteiger partial charge in [0.25, 0.3) is 5.91 Å². The first kappa shape index (κ1) is 21.5. The van der Waals surface area contributed by atoms with E-state index in [1.165, 1.54) is 11.8 Å². The van der Waals surface area contributed by atoms with Gasteiger partial charge in [-0.3, -0.25) is 9.69 Å². The number of methoxy groups -OCH3 is 2. The Labute approximate surface area is 198 Å². The van der Waals surface area contributed by atoms with Gasteiger partial charge in [0.15, 0.2) is 16.7 Å². The highest BCUT2D eigenvalue weighted by atomic mass is 127. The van der Waals surface area contributed by atoms with E-state index in [4.69, 9.17) is 18.9 Å². The molecule has 4 rings (SSSR count). The number of ether oxygens (including phenoxy) is 2. The Kier molecular flexibility index (Phi) is 6.67. The van der Waals surface area contributed by atoms with E-state index in [0.29, 0.717) is 33.9 Å². The van der Waals surface area contributed by atoms with E-state index < -0.39 is 0 Å². The number of amides is 1. The van der Waals surface area contributed by atoms with E-state index >= 15 is 0 Å². The van der Waals surface area contributed by atoms with Gasteiger partial charge in [0.1, 0.15) is 5.76 Å². The number of thioether (sulfide) groups is 1. The molecule has 158 valence electrons. The van der Waals surface area contributed by atoms with Crippen LogP contribution in [-0.4, -0.2) is 30.2 Å². The molecule has 2 aromatic carbocycles. The van der Waals surface area contributed by atoms with Gasteiger partial charge in [-0.05, 0) is 82.4 Å². The van der Waals surface area contributed by atoms with E-state index in [1.54, 1.807) is 31.4 Å². The lowest BCUT2D eigenvalue weighted by molar-refractivity contribution is -0.122. The molecule has 31 heavy (non-hydrogen) atoms. The molecule has 8 heteroatoms. The summed E-state index contributed by atoms with van der Waals surface area (Å²) >= 11 is 3.53. The highest BCUT2D eigenvalue weighted by Gasteiger charge is 2.34. The largest absolute Gasteiger partial charge is 0.493 e. The normalized spacial score (nSPS) is 16.4. The van der Waals surface area contributed by atoms with Crippen molar-refractivity contribution in [1.82, 2.24) is 4.90 Å². The topological polar surface area (TPSA) is 64.3 Å². The van der Waals surface area contributed by atoms with Crippen molar-refractivity contribution >= 4 is 57.2 Å². The molecule has 1 amide bonds. The van der Waals surface area contributed by atoms with Crippen LogP contribution in [0.5, 0.6) is 11.5 Å². The molecule has 6 nitrogen and oxygen atoms in total. The number of aliphatic imine (C=N–C) groups is 1. The highest BCUT2D eigenvalue weighted by Crippen LogP contribution is 2.38. The zero-order valence-electron chi connectivity index (χ0n) is 16.9. The lowest BCUT2D eigenvalue weighted by atomic mass is 10.2. The summed E-state index contributed by atoms with van der Waals surface area (Å²) < 4.78 is 17.2. The van der Waals surface area contributed by atoms with Crippen LogP contribution in [0.2, 0.25) is 0 Å². The van der Waals surface area contributed by atoms with Gasteiger partial charge in [0.05, 0.1) is 41.2 Å². The first-order chi connectivity index (χ1) is 15.1. The van der Waals surface area contributed by atoms with Gasteiger partial charge in [0, 0.05) is 0 Å². The number of benzene rings is 2. The standard InChI is InChI=1S/C23H19IN2O4S/c1-28-19-12-15(11-18(24)21(19)29-2)13-20-22(27)26(14-17-9-6-10-30-17)23(31-20)25-16-7-4-3-5-8-16/h3-13H,14H2,1-2H3/b20-13-,25-23?. The maximum Gasteiger partial charge on any atom is 0.267 e. The Morgan fingerprint density at radius 1 is 1.13 bits per heavy atom. The van der Waals surface area contributed by atoms with E-state index in [0.717, 1.165) is 14.8 Å². The van der Waals surface area contributed by atoms with Gasteiger partial charge >= 0.3 is 0 Å². The Morgan fingerprint density at radius 3 is 2.61 bits per heavy atom. The Morgan fingerprint density at radius 2 is 1.94 bits per heavy atom. The van der Waals surface area contributed by atoms with Gasteiger partial charge < -0.3 is 13.9 Å². The minimum Gasteiger partial charge on any atom is -0.493 e. The summed E-state index contributed by atoms with van der Waals surface area (Å²) in [5, 5.41) is 0.606. The molecule has 1 aliphatic heterocycles. The van der Waals surface area contributed by atoms with Gasteiger partial charge in [-0.25, -0.2) is 4.99 Å². The van der Waals surface area contributed by atoms with Gasteiger partial charge in [0.2, 0.25) is 0 Å². The Balaban J connectivity index is 1.71. The van der Waals surface area contributed by atoms with Gasteiger partial charge in [-0.2, -0.15) is 0 Å². The molecule has 1 aromatic heterocycles. The van der Waals surface area contributed by atoms with Crippen molar-refractivity contribution in [2.24, 2.45) is 4.99 Å². The Bertz CT molecular complexity index is 1140. The summed E-state index contributed by atoms with van der Waals surface area (Å²) in [5.74, 6) is 1.85. The number of carbonyl (C=O) groups excluding carboxylic acids is 1. The molecule has 0 radical (unpaired) electrons. The fourth-order valence-electron chi connectivity index (χ4n) is 3.07. The number of carbonyl (C=O) groups is 1. The van der Waals surface area contributed by atoms with Crippen molar-refractivity contribution in [2.45, 2.75) is 6.54 Å². The van der Waals surface area contributed by atoms with E-state index in [9.17, 15) is 4.79 Å². The number of halogens is 1. The predicted molar refractivity (Wildman–Crippen MR) is 131 cm³/mol. The van der Waals surface area contributed by atoms with Crippen molar-refractivity contribution in [1.29, 1.82) is 0 Å². The minimum atomic E-state index is -0.124. The molecule has 0 spiro atoms. The number of nitrogens with zero attached hydrogens (tertiary/aromatic N) is 2. The third kappa shape index (κ3) is 4.80. The predicted octanol–water partition coefficient (Wildman–Crippen LogP) is 5.71. The first-order valence-corrected chi connectivity index (χ1v) is 11.3. The summed E-state index contributed by atoms with van der Waals surface area (Å²) in [4.78, 5) is 20.2. The number of hydrogen-bond donors (Lipinski definition) is 0. The number of para-hydroxylation sites is 1. The smallest absolute Gasteiger partial charge is 0.267 e. The number of amidine groups is 1. The third-order valence-electron chi connectivity index (χ3n) is 4.52. The molecule has 1 saturated heterocycles. The van der Waals surface area contributed by atoms with Crippen molar-refractivity contribution in [2.75, 3.05) is 14.2 Å². The number of hydrogen-bond acceptors (Lipinski definition) is 6. The van der Waals surface area contributed by atoms with Crippen LogP contribution >= 0.6 is 34.4 Å². The lowest BCUT2D eigenvalue weighted by Gasteiger charge is -2.13. The van der Waals surface area contributed by atoms with E-state index in [2.05, 4.69) is 22.6 Å². The zero-order valence-corrected chi connectivity index (χ0v) is 19.8. The molecule has 0 aliphatic carbocycles. The van der Waals surface area contributed by atoms with Crippen LogP contribution in [0.3, 0.4) is 0 Å². The monoisotopic (exact) mass is 546 g/mol. The van der Waals surface area contributed by atoms with Crippen molar-refractivity contribution in [3.63, 3.8) is 0 Å². The van der Waals surface area contributed by atoms with Crippen LogP contribution in [0.15, 0.2) is 75.2 Å². The highest BCUT2D eigenvalue weighted by molar-refractivity contribution is 14.1. The van der Waals surface area contributed by atoms with E-state index in [1.807, 2.05) is 54.6 Å². The molecule has 1 aliphatic rings. The SMILES string of the molecule is COc1cc(/C=C2\SC(=Nc3ccccc3)N(Cc3ccco3)C2=O)cc(I)c1OC. The first-order valence-electron chi connectivity index (χ1n) is 9.38. The van der Waals surface area contributed by atoms with Gasteiger partial charge in [-0.1, -0.05) is 18.2 Å². The molecule has 0 bridgehead atoms. The van der Waals surface area contributed by atoms with Crippen molar-refractivity contribution < 1.29 is 18.7 Å². The second kappa shape index (κ2) is 9.61. The average molecular weight is 546 g/mol. The summed E-state index contributed by atoms with van der Waals surface area (Å²) in [6.07, 6.45) is 3.44. The fraction of sp³-hybridized carbons (Fsp3) is 0.130. The minimum absolute atomic E-state index is 0.124. The number of rotatable bonds is 6. The summed E-state index contributed by atoms with van der Waals surface area (Å²) in [6, 6.07) is 17.0. The molecule has 0 atom stereocenters. The molecular weight excluding hydrogens is 527 g/mol. The van der Waals surface area contributed by atoms with Crippen LogP contribution < -0.4 is 9.47 Å². The second-order valence-electron chi connectivity index (χ2n) is 6.55. The maximum atomic E-state index is 13.3. The molecule has 1 fully saturated rings. The fourth-order valence-corrected chi connectivity index (χ4v) is 4.92. The van der Waals surface area contributed by atoms with Crippen LogP contribution in [0.25, 0.3) is 6.08 Å². The van der Waals surface area contributed by atoms with Crippen molar-refractivity contribution in [3.8, 4) is 11.5 Å². The summed E-state index contributed by atoms with van der Waals surface area (Å²) in [7, 11) is 3.20. The molecule has 0 saturated carbocycles. The lowest BCUT2D eigenvalue weighted by Crippen LogP contribution is -2.28. The van der Waals surface area contributed by atoms with Crippen molar-refractivity contribution in [3.05, 3.63) is 80.7 Å². The van der Waals surface area contributed by atoms with Gasteiger partial charge in [-0.15, -0.1) is 0 Å². The summed E-state index contributed by atoms with van der Waals surface area (Å²) in [6.45, 7) is 0.311. The molecular formula is C23H19IN2O4S. The zero-order chi connectivity index (χ0) is 21.8. The van der Waals surface area contributed by atoms with Crippen LogP contribution in [-0.2, 0) is 11.3 Å². The Hall–Kier alpha value is -2.72. The average Bonchev–Trinajstić information content (AvgIpc) is 3.38. The molecule has 0 unspecified atom stereocenters.